The van der Waals surface area contributed by atoms with E-state index in [1.807, 2.05) is 18.2 Å². The molecular formula is C16H24N2O3. The first-order chi connectivity index (χ1) is 10.2. The van der Waals surface area contributed by atoms with Crippen molar-refractivity contribution in [1.82, 2.24) is 10.6 Å². The number of carbonyl (C=O) groups is 1. The van der Waals surface area contributed by atoms with Crippen LogP contribution in [-0.2, 0) is 6.42 Å². The largest absolute Gasteiger partial charge is 0.497 e. The quantitative estimate of drug-likeness (QED) is 0.847. The summed E-state index contributed by atoms with van der Waals surface area (Å²) in [5, 5.41) is 5.91. The second-order valence-corrected chi connectivity index (χ2v) is 5.31. The van der Waals surface area contributed by atoms with Crippen molar-refractivity contribution >= 4 is 6.03 Å². The van der Waals surface area contributed by atoms with Gasteiger partial charge in [-0.25, -0.2) is 4.79 Å². The zero-order valence-corrected chi connectivity index (χ0v) is 12.8. The number of carbonyl (C=O) groups excluding carboxylic acids is 1. The van der Waals surface area contributed by atoms with Crippen LogP contribution in [0.3, 0.4) is 0 Å². The van der Waals surface area contributed by atoms with E-state index in [-0.39, 0.29) is 6.03 Å². The van der Waals surface area contributed by atoms with E-state index >= 15 is 0 Å². The van der Waals surface area contributed by atoms with Gasteiger partial charge in [0.15, 0.2) is 0 Å². The van der Waals surface area contributed by atoms with Gasteiger partial charge in [0.05, 0.1) is 14.2 Å². The lowest BCUT2D eigenvalue weighted by atomic mass is 10.1. The number of ether oxygens (including phenoxy) is 2. The molecule has 1 saturated carbocycles. The number of benzene rings is 1. The highest BCUT2D eigenvalue weighted by Gasteiger charge is 2.16. The van der Waals surface area contributed by atoms with Crippen LogP contribution in [0.15, 0.2) is 18.2 Å². The van der Waals surface area contributed by atoms with Gasteiger partial charge in [-0.15, -0.1) is 0 Å². The standard InChI is InChI=1S/C16H24N2O3/c1-20-14-8-7-12(15(11-14)21-2)9-10-17-16(19)18-13-5-3-4-6-13/h7-8,11,13H,3-6,9-10H2,1-2H3,(H2,17,18,19). The van der Waals surface area contributed by atoms with E-state index in [4.69, 9.17) is 9.47 Å². The Hall–Kier alpha value is -1.91. The number of hydrogen-bond donors (Lipinski definition) is 2. The van der Waals surface area contributed by atoms with Crippen LogP contribution in [0.2, 0.25) is 0 Å². The monoisotopic (exact) mass is 292 g/mol. The highest BCUT2D eigenvalue weighted by Crippen LogP contribution is 2.24. The van der Waals surface area contributed by atoms with Gasteiger partial charge in [0, 0.05) is 18.7 Å². The predicted molar refractivity (Wildman–Crippen MR) is 82.0 cm³/mol. The molecule has 0 saturated heterocycles. The van der Waals surface area contributed by atoms with Crippen LogP contribution < -0.4 is 20.1 Å². The number of hydrogen-bond acceptors (Lipinski definition) is 3. The minimum atomic E-state index is -0.0746. The second-order valence-electron chi connectivity index (χ2n) is 5.31. The van der Waals surface area contributed by atoms with Gasteiger partial charge in [0.1, 0.15) is 11.5 Å². The second kappa shape index (κ2) is 7.76. The molecule has 0 aliphatic heterocycles. The van der Waals surface area contributed by atoms with Crippen molar-refractivity contribution in [2.24, 2.45) is 0 Å². The molecule has 0 unspecified atom stereocenters. The van der Waals surface area contributed by atoms with E-state index in [1.54, 1.807) is 14.2 Å². The Labute approximate surface area is 126 Å². The van der Waals surface area contributed by atoms with Gasteiger partial charge in [-0.3, -0.25) is 0 Å². The Kier molecular flexibility index (Phi) is 5.72. The molecule has 0 heterocycles. The fourth-order valence-corrected chi connectivity index (χ4v) is 2.68. The molecule has 0 spiro atoms. The van der Waals surface area contributed by atoms with Crippen molar-refractivity contribution in [2.75, 3.05) is 20.8 Å². The minimum Gasteiger partial charge on any atom is -0.497 e. The number of rotatable bonds is 6. The molecule has 0 atom stereocenters. The summed E-state index contributed by atoms with van der Waals surface area (Å²) >= 11 is 0. The maximum Gasteiger partial charge on any atom is 0.315 e. The third-order valence-electron chi connectivity index (χ3n) is 3.86. The molecule has 0 aromatic heterocycles. The smallest absolute Gasteiger partial charge is 0.315 e. The summed E-state index contributed by atoms with van der Waals surface area (Å²) in [7, 11) is 3.27. The summed E-state index contributed by atoms with van der Waals surface area (Å²) in [4.78, 5) is 11.8. The van der Waals surface area contributed by atoms with Crippen LogP contribution in [0.4, 0.5) is 4.79 Å². The van der Waals surface area contributed by atoms with Crippen LogP contribution in [-0.4, -0.2) is 32.8 Å². The molecule has 1 aliphatic rings. The van der Waals surface area contributed by atoms with Crippen molar-refractivity contribution < 1.29 is 14.3 Å². The van der Waals surface area contributed by atoms with Crippen molar-refractivity contribution in [1.29, 1.82) is 0 Å². The van der Waals surface area contributed by atoms with Gasteiger partial charge < -0.3 is 20.1 Å². The molecule has 5 heteroatoms. The van der Waals surface area contributed by atoms with Gasteiger partial charge >= 0.3 is 6.03 Å². The molecule has 1 fully saturated rings. The highest BCUT2D eigenvalue weighted by molar-refractivity contribution is 5.74. The van der Waals surface area contributed by atoms with Crippen molar-refractivity contribution in [3.8, 4) is 11.5 Å². The maximum absolute atomic E-state index is 11.8. The lowest BCUT2D eigenvalue weighted by Gasteiger charge is -2.14. The average Bonchev–Trinajstić information content (AvgIpc) is 3.00. The van der Waals surface area contributed by atoms with Crippen LogP contribution in [0, 0.1) is 0 Å². The minimum absolute atomic E-state index is 0.0746. The van der Waals surface area contributed by atoms with Gasteiger partial charge in [0.25, 0.3) is 0 Å². The fraction of sp³-hybridized carbons (Fsp3) is 0.562. The van der Waals surface area contributed by atoms with E-state index in [0.717, 1.165) is 36.3 Å². The zero-order valence-electron chi connectivity index (χ0n) is 12.8. The Bertz CT molecular complexity index is 471. The van der Waals surface area contributed by atoms with E-state index in [1.165, 1.54) is 12.8 Å². The number of amides is 2. The molecule has 116 valence electrons. The molecule has 0 bridgehead atoms. The van der Waals surface area contributed by atoms with Gasteiger partial charge in [-0.1, -0.05) is 18.9 Å². The molecular weight excluding hydrogens is 268 g/mol. The lowest BCUT2D eigenvalue weighted by molar-refractivity contribution is 0.237. The Morgan fingerprint density at radius 2 is 2.00 bits per heavy atom. The van der Waals surface area contributed by atoms with Crippen molar-refractivity contribution in [3.05, 3.63) is 23.8 Å². The van der Waals surface area contributed by atoms with E-state index in [0.29, 0.717) is 12.6 Å². The van der Waals surface area contributed by atoms with Crippen LogP contribution in [0.5, 0.6) is 11.5 Å². The third kappa shape index (κ3) is 4.55. The summed E-state index contributed by atoms with van der Waals surface area (Å²) in [6, 6.07) is 5.99. The molecule has 1 aromatic carbocycles. The first kappa shape index (κ1) is 15.5. The maximum atomic E-state index is 11.8. The number of nitrogens with one attached hydrogen (secondary N) is 2. The Morgan fingerprint density at radius 1 is 1.24 bits per heavy atom. The summed E-state index contributed by atoms with van der Waals surface area (Å²) in [6.45, 7) is 0.585. The normalized spacial score (nSPS) is 14.8. The SMILES string of the molecule is COc1ccc(CCNC(=O)NC2CCCC2)c(OC)c1. The van der Waals surface area contributed by atoms with Gasteiger partial charge in [-0.05, 0) is 30.9 Å². The van der Waals surface area contributed by atoms with Gasteiger partial charge in [-0.2, -0.15) is 0 Å². The van der Waals surface area contributed by atoms with Crippen LogP contribution in [0.1, 0.15) is 31.2 Å². The van der Waals surface area contributed by atoms with E-state index in [2.05, 4.69) is 10.6 Å². The number of methoxy groups -OCH3 is 2. The molecule has 2 N–H and O–H groups in total. The Balaban J connectivity index is 1.78. The molecule has 2 rings (SSSR count). The summed E-state index contributed by atoms with van der Waals surface area (Å²) in [6.07, 6.45) is 5.35. The van der Waals surface area contributed by atoms with Crippen LogP contribution in [0.25, 0.3) is 0 Å². The van der Waals surface area contributed by atoms with E-state index < -0.39 is 0 Å². The number of urea groups is 1. The summed E-state index contributed by atoms with van der Waals surface area (Å²) in [5.41, 5.74) is 1.06. The summed E-state index contributed by atoms with van der Waals surface area (Å²) < 4.78 is 10.5. The van der Waals surface area contributed by atoms with Crippen molar-refractivity contribution in [3.63, 3.8) is 0 Å². The lowest BCUT2D eigenvalue weighted by Crippen LogP contribution is -2.41. The molecule has 21 heavy (non-hydrogen) atoms. The predicted octanol–water partition coefficient (Wildman–Crippen LogP) is 2.49. The molecule has 0 radical (unpaired) electrons. The van der Waals surface area contributed by atoms with E-state index in [9.17, 15) is 4.79 Å². The Morgan fingerprint density at radius 3 is 2.67 bits per heavy atom. The zero-order chi connectivity index (χ0) is 15.1. The van der Waals surface area contributed by atoms with Crippen molar-refractivity contribution in [2.45, 2.75) is 38.1 Å². The fourth-order valence-electron chi connectivity index (χ4n) is 2.68. The first-order valence-electron chi connectivity index (χ1n) is 7.48. The molecule has 1 aromatic rings. The third-order valence-corrected chi connectivity index (χ3v) is 3.86. The molecule has 5 nitrogen and oxygen atoms in total. The first-order valence-corrected chi connectivity index (χ1v) is 7.48. The topological polar surface area (TPSA) is 59.6 Å². The molecule has 1 aliphatic carbocycles. The molecule has 2 amide bonds. The average molecular weight is 292 g/mol. The highest BCUT2D eigenvalue weighted by atomic mass is 16.5. The van der Waals surface area contributed by atoms with Crippen LogP contribution >= 0.6 is 0 Å². The van der Waals surface area contributed by atoms with Gasteiger partial charge in [0.2, 0.25) is 0 Å². The summed E-state index contributed by atoms with van der Waals surface area (Å²) in [5.74, 6) is 1.55.